The third-order valence-corrected chi connectivity index (χ3v) is 3.74. The molecule has 0 radical (unpaired) electrons. The lowest BCUT2D eigenvalue weighted by atomic mass is 9.99. The quantitative estimate of drug-likeness (QED) is 0.732. The van der Waals surface area contributed by atoms with Gasteiger partial charge in [-0.1, -0.05) is 6.07 Å². The summed E-state index contributed by atoms with van der Waals surface area (Å²) in [6.07, 6.45) is -2.66. The van der Waals surface area contributed by atoms with Crippen molar-refractivity contribution in [2.75, 3.05) is 0 Å². The molecule has 10 heteroatoms. The van der Waals surface area contributed by atoms with E-state index in [-0.39, 0.29) is 28.1 Å². The van der Waals surface area contributed by atoms with Crippen LogP contribution in [0.15, 0.2) is 47.5 Å². The highest BCUT2D eigenvalue weighted by atomic mass is 19.4. The van der Waals surface area contributed by atoms with Gasteiger partial charge in [0.25, 0.3) is 5.56 Å². The Morgan fingerprint density at radius 3 is 2.52 bits per heavy atom. The average molecular weight is 374 g/mol. The van der Waals surface area contributed by atoms with Gasteiger partial charge in [-0.05, 0) is 24.3 Å². The Balaban J connectivity index is 2.13. The van der Waals surface area contributed by atoms with Crippen LogP contribution in [0.2, 0.25) is 0 Å². The van der Waals surface area contributed by atoms with E-state index in [4.69, 9.17) is 10.4 Å². The van der Waals surface area contributed by atoms with Gasteiger partial charge in [0.1, 0.15) is 0 Å². The fraction of sp³-hybridized carbons (Fsp3) is 0.0588. The predicted molar refractivity (Wildman–Crippen MR) is 86.3 cm³/mol. The summed E-state index contributed by atoms with van der Waals surface area (Å²) in [6, 6.07) is 6.99. The maximum atomic E-state index is 13.3. The van der Waals surface area contributed by atoms with Gasteiger partial charge in [-0.25, -0.2) is 14.5 Å². The number of nitrogens with zero attached hydrogens (tertiary/aromatic N) is 3. The maximum Gasteiger partial charge on any atom is 0.417 e. The Labute approximate surface area is 148 Å². The molecule has 2 N–H and O–H groups in total. The minimum absolute atomic E-state index is 0.0125. The smallest absolute Gasteiger partial charge is 0.417 e. The van der Waals surface area contributed by atoms with Gasteiger partial charge in [-0.2, -0.15) is 18.4 Å². The van der Waals surface area contributed by atoms with Crippen molar-refractivity contribution in [1.29, 1.82) is 5.26 Å². The number of alkyl halides is 3. The van der Waals surface area contributed by atoms with E-state index in [1.54, 1.807) is 6.07 Å². The Morgan fingerprint density at radius 1 is 1.22 bits per heavy atom. The van der Waals surface area contributed by atoms with Gasteiger partial charge in [-0.15, -0.1) is 0 Å². The molecule has 0 unspecified atom stereocenters. The molecule has 0 fully saturated rings. The van der Waals surface area contributed by atoms with Crippen molar-refractivity contribution in [2.24, 2.45) is 0 Å². The van der Waals surface area contributed by atoms with E-state index in [1.807, 2.05) is 0 Å². The van der Waals surface area contributed by atoms with Crippen LogP contribution in [0.3, 0.4) is 0 Å². The largest absolute Gasteiger partial charge is 0.478 e. The number of nitriles is 1. The highest BCUT2D eigenvalue weighted by molar-refractivity contribution is 5.87. The van der Waals surface area contributed by atoms with E-state index in [0.717, 1.165) is 23.1 Å². The van der Waals surface area contributed by atoms with Crippen molar-refractivity contribution in [2.45, 2.75) is 6.18 Å². The summed E-state index contributed by atoms with van der Waals surface area (Å²) in [5, 5.41) is 20.2. The zero-order valence-electron chi connectivity index (χ0n) is 13.3. The predicted octanol–water partition coefficient (Wildman–Crippen LogP) is 2.82. The number of aromatic amines is 1. The first kappa shape index (κ1) is 17.9. The number of aromatic carboxylic acids is 1. The van der Waals surface area contributed by atoms with Gasteiger partial charge in [0.05, 0.1) is 28.3 Å². The molecule has 0 aliphatic carbocycles. The van der Waals surface area contributed by atoms with Crippen molar-refractivity contribution in [3.63, 3.8) is 0 Å². The second-order valence-electron chi connectivity index (χ2n) is 5.41. The average Bonchev–Trinajstić information content (AvgIpc) is 3.01. The van der Waals surface area contributed by atoms with Gasteiger partial charge in [-0.3, -0.25) is 9.89 Å². The number of pyridine rings is 1. The third-order valence-electron chi connectivity index (χ3n) is 3.74. The van der Waals surface area contributed by atoms with E-state index in [9.17, 15) is 22.8 Å². The van der Waals surface area contributed by atoms with Crippen LogP contribution in [0, 0.1) is 11.3 Å². The molecular weight excluding hydrogens is 365 g/mol. The number of benzene rings is 1. The second-order valence-corrected chi connectivity index (χ2v) is 5.41. The molecule has 27 heavy (non-hydrogen) atoms. The van der Waals surface area contributed by atoms with E-state index in [0.29, 0.717) is 6.07 Å². The lowest BCUT2D eigenvalue weighted by Gasteiger charge is -2.11. The molecule has 2 heterocycles. The van der Waals surface area contributed by atoms with Gasteiger partial charge in [0, 0.05) is 18.0 Å². The fourth-order valence-corrected chi connectivity index (χ4v) is 2.46. The summed E-state index contributed by atoms with van der Waals surface area (Å²) in [6.45, 7) is 0. The van der Waals surface area contributed by atoms with Crippen molar-refractivity contribution in [1.82, 2.24) is 14.8 Å². The molecular formula is C17H9F3N4O3. The molecule has 0 saturated heterocycles. The number of carboxylic acids is 1. The van der Waals surface area contributed by atoms with Crippen LogP contribution in [-0.2, 0) is 6.18 Å². The van der Waals surface area contributed by atoms with Crippen molar-refractivity contribution >= 4 is 5.97 Å². The number of H-pyrrole nitrogens is 1. The first-order valence-electron chi connectivity index (χ1n) is 7.34. The highest BCUT2D eigenvalue weighted by Crippen LogP contribution is 2.36. The van der Waals surface area contributed by atoms with Gasteiger partial charge < -0.3 is 5.11 Å². The normalized spacial score (nSPS) is 11.2. The number of rotatable bonds is 3. The zero-order chi connectivity index (χ0) is 19.8. The van der Waals surface area contributed by atoms with E-state index < -0.39 is 23.3 Å². The summed E-state index contributed by atoms with van der Waals surface area (Å²) >= 11 is 0. The van der Waals surface area contributed by atoms with Gasteiger partial charge >= 0.3 is 12.1 Å². The Morgan fingerprint density at radius 2 is 1.96 bits per heavy atom. The number of halogens is 3. The third kappa shape index (κ3) is 3.30. The fourth-order valence-electron chi connectivity index (χ4n) is 2.46. The number of hydrogen-bond acceptors (Lipinski definition) is 4. The lowest BCUT2D eigenvalue weighted by Crippen LogP contribution is -2.18. The summed E-state index contributed by atoms with van der Waals surface area (Å²) < 4.78 is 40.9. The monoisotopic (exact) mass is 374 g/mol. The van der Waals surface area contributed by atoms with Crippen LogP contribution >= 0.6 is 0 Å². The standard InChI is InChI=1S/C17H9F3N4O3/c18-17(19,20)13-5-9(6-21)1-3-11(13)12-8-23-24(15(12)25)14-4-2-10(7-22-14)16(26)27/h1-5,7-8,23H,(H,26,27). The van der Waals surface area contributed by atoms with Crippen LogP contribution in [0.25, 0.3) is 16.9 Å². The van der Waals surface area contributed by atoms with E-state index in [1.165, 1.54) is 18.2 Å². The summed E-state index contributed by atoms with van der Waals surface area (Å²) in [7, 11) is 0. The molecule has 136 valence electrons. The highest BCUT2D eigenvalue weighted by Gasteiger charge is 2.35. The summed E-state index contributed by atoms with van der Waals surface area (Å²) in [5.41, 5.74) is -2.86. The maximum absolute atomic E-state index is 13.3. The topological polar surface area (TPSA) is 112 Å². The Kier molecular flexibility index (Phi) is 4.29. The van der Waals surface area contributed by atoms with Crippen molar-refractivity contribution in [3.05, 3.63) is 69.8 Å². The number of carbonyl (C=O) groups is 1. The molecule has 0 aliphatic rings. The number of hydrogen-bond donors (Lipinski definition) is 2. The molecule has 0 spiro atoms. The zero-order valence-corrected chi connectivity index (χ0v) is 13.3. The van der Waals surface area contributed by atoms with E-state index in [2.05, 4.69) is 10.1 Å². The minimum atomic E-state index is -4.77. The van der Waals surface area contributed by atoms with Crippen LogP contribution in [0.5, 0.6) is 0 Å². The molecule has 0 saturated carbocycles. The summed E-state index contributed by atoms with van der Waals surface area (Å²) in [4.78, 5) is 27.2. The SMILES string of the molecule is N#Cc1ccc(-c2c[nH]n(-c3ccc(C(=O)O)cn3)c2=O)c(C(F)(F)F)c1. The number of nitrogens with one attached hydrogen (secondary N) is 1. The van der Waals surface area contributed by atoms with Gasteiger partial charge in [0.15, 0.2) is 5.82 Å². The second kappa shape index (κ2) is 6.45. The van der Waals surface area contributed by atoms with Crippen LogP contribution in [0.1, 0.15) is 21.5 Å². The Bertz CT molecular complexity index is 1120. The molecule has 3 rings (SSSR count). The van der Waals surface area contributed by atoms with Crippen molar-refractivity contribution in [3.8, 4) is 23.0 Å². The molecule has 0 bridgehead atoms. The van der Waals surface area contributed by atoms with Crippen molar-refractivity contribution < 1.29 is 23.1 Å². The number of carboxylic acid groups (broad SMARTS) is 1. The van der Waals surface area contributed by atoms with Crippen LogP contribution < -0.4 is 5.56 Å². The van der Waals surface area contributed by atoms with E-state index >= 15 is 0 Å². The minimum Gasteiger partial charge on any atom is -0.478 e. The van der Waals surface area contributed by atoms with Crippen LogP contribution in [-0.4, -0.2) is 25.8 Å². The molecule has 7 nitrogen and oxygen atoms in total. The first-order chi connectivity index (χ1) is 12.7. The molecule has 2 aromatic heterocycles. The molecule has 1 aromatic carbocycles. The van der Waals surface area contributed by atoms with Gasteiger partial charge in [0.2, 0.25) is 0 Å². The lowest BCUT2D eigenvalue weighted by molar-refractivity contribution is -0.137. The molecule has 0 atom stereocenters. The first-order valence-corrected chi connectivity index (χ1v) is 7.34. The summed E-state index contributed by atoms with van der Waals surface area (Å²) in [5.74, 6) is -1.19. The Hall–Kier alpha value is -3.87. The molecule has 3 aromatic rings. The number of aromatic nitrogens is 3. The molecule has 0 amide bonds. The molecule has 0 aliphatic heterocycles. The van der Waals surface area contributed by atoms with Crippen LogP contribution in [0.4, 0.5) is 13.2 Å².